The molecule has 12 heteroatoms. The Kier molecular flexibility index (Phi) is 12.0. The third-order valence-electron chi connectivity index (χ3n) is 9.62. The van der Waals surface area contributed by atoms with Gasteiger partial charge in [0.2, 0.25) is 10.0 Å². The monoisotopic (exact) mass is 729 g/mol. The van der Waals surface area contributed by atoms with Crippen LogP contribution in [0.5, 0.6) is 5.75 Å². The normalized spacial score (nSPS) is 16.9. The topological polar surface area (TPSA) is 114 Å². The molecule has 0 saturated carbocycles. The third-order valence-corrected chi connectivity index (χ3v) is 12.5. The molecule has 1 amide bonds. The van der Waals surface area contributed by atoms with Crippen LogP contribution in [0.25, 0.3) is 0 Å². The fraction of sp³-hybridized carbons (Fsp3) is 0.444. The van der Waals surface area contributed by atoms with E-state index in [9.17, 15) is 23.0 Å². The van der Waals surface area contributed by atoms with Crippen molar-refractivity contribution in [3.05, 3.63) is 92.0 Å². The summed E-state index contributed by atoms with van der Waals surface area (Å²) < 4.78 is 45.7. The van der Waals surface area contributed by atoms with E-state index in [4.69, 9.17) is 27.9 Å². The lowest BCUT2D eigenvalue weighted by molar-refractivity contribution is 0.0848. The lowest BCUT2D eigenvalue weighted by Crippen LogP contribution is -2.41. The number of halogens is 2. The largest absolute Gasteiger partial charge is 0.612 e. The maximum Gasteiger partial charge on any atom is 0.271 e. The maximum atomic E-state index is 14.4. The quantitative estimate of drug-likeness (QED) is 0.196. The highest BCUT2D eigenvalue weighted by atomic mass is 35.5. The van der Waals surface area contributed by atoms with Crippen LogP contribution in [0.2, 0.25) is 10.0 Å². The van der Waals surface area contributed by atoms with Crippen LogP contribution in [0.15, 0.2) is 53.4 Å². The number of carbonyl (C=O) groups is 1. The van der Waals surface area contributed by atoms with Crippen LogP contribution in [-0.2, 0) is 34.0 Å². The van der Waals surface area contributed by atoms with Gasteiger partial charge < -0.3 is 14.2 Å². The Labute approximate surface area is 297 Å². The Morgan fingerprint density at radius 2 is 1.83 bits per heavy atom. The first-order chi connectivity index (χ1) is 22.9. The molecule has 3 aromatic carbocycles. The van der Waals surface area contributed by atoms with Crippen molar-refractivity contribution in [3.63, 3.8) is 0 Å². The predicted octanol–water partition coefficient (Wildman–Crippen LogP) is 6.95. The van der Waals surface area contributed by atoms with E-state index in [1.54, 1.807) is 24.5 Å². The molecular weight excluding hydrogens is 689 g/mol. The molecule has 1 heterocycles. The number of aryl methyl sites for hydroxylation is 1. The van der Waals surface area contributed by atoms with Gasteiger partial charge in [0.25, 0.3) is 5.91 Å². The first-order valence-corrected chi connectivity index (χ1v) is 20.3. The number of sulfonamides is 1. The number of hydrogen-bond acceptors (Lipinski definition) is 7. The van der Waals surface area contributed by atoms with Gasteiger partial charge >= 0.3 is 0 Å². The Morgan fingerprint density at radius 1 is 1.12 bits per heavy atom. The predicted molar refractivity (Wildman–Crippen MR) is 191 cm³/mol. The van der Waals surface area contributed by atoms with Crippen LogP contribution in [0, 0.1) is 11.3 Å². The summed E-state index contributed by atoms with van der Waals surface area (Å²) in [6.07, 6.45) is 8.23. The number of nitriles is 1. The fourth-order valence-electron chi connectivity index (χ4n) is 7.12. The number of piperidine rings is 1. The number of methoxy groups -OCH3 is 1. The van der Waals surface area contributed by atoms with Gasteiger partial charge in [-0.15, -0.1) is 0 Å². The summed E-state index contributed by atoms with van der Waals surface area (Å²) in [5.74, 6) is -0.655. The van der Waals surface area contributed by atoms with E-state index in [1.165, 1.54) is 7.11 Å². The first kappa shape index (κ1) is 36.5. The summed E-state index contributed by atoms with van der Waals surface area (Å²) in [5, 5.41) is 10.6. The molecule has 8 nitrogen and oxygen atoms in total. The Morgan fingerprint density at radius 3 is 2.48 bits per heavy atom. The number of hydrogen-bond donors (Lipinski definition) is 0. The van der Waals surface area contributed by atoms with Crippen molar-refractivity contribution in [1.29, 1.82) is 5.26 Å². The number of likely N-dealkylation sites (tertiary alicyclic amines) is 1. The number of benzene rings is 3. The highest BCUT2D eigenvalue weighted by molar-refractivity contribution is 7.90. The number of nitrogens with zero attached hydrogens (tertiary/aromatic N) is 3. The van der Waals surface area contributed by atoms with Gasteiger partial charge in [-0.1, -0.05) is 47.5 Å². The molecule has 48 heavy (non-hydrogen) atoms. The molecule has 1 fully saturated rings. The van der Waals surface area contributed by atoms with Gasteiger partial charge in [0.05, 0.1) is 34.5 Å². The minimum absolute atomic E-state index is 0.110. The van der Waals surface area contributed by atoms with Gasteiger partial charge in [0, 0.05) is 18.0 Å². The van der Waals surface area contributed by atoms with E-state index in [-0.39, 0.29) is 29.3 Å². The molecule has 1 aliphatic carbocycles. The van der Waals surface area contributed by atoms with Gasteiger partial charge in [-0.05, 0) is 123 Å². The van der Waals surface area contributed by atoms with E-state index in [0.29, 0.717) is 41.8 Å². The summed E-state index contributed by atoms with van der Waals surface area (Å²) in [7, 11) is -2.65. The van der Waals surface area contributed by atoms with Crippen LogP contribution in [0.3, 0.4) is 0 Å². The van der Waals surface area contributed by atoms with Gasteiger partial charge in [-0.2, -0.15) is 5.26 Å². The van der Waals surface area contributed by atoms with Gasteiger partial charge in [-0.3, -0.25) is 4.79 Å². The van der Waals surface area contributed by atoms with Crippen molar-refractivity contribution in [2.45, 2.75) is 61.7 Å². The van der Waals surface area contributed by atoms with E-state index in [1.807, 2.05) is 24.3 Å². The molecule has 0 bridgehead atoms. The average Bonchev–Trinajstić information content (AvgIpc) is 3.08. The number of rotatable bonds is 11. The van der Waals surface area contributed by atoms with Crippen LogP contribution in [-0.4, -0.2) is 73.9 Å². The third kappa shape index (κ3) is 8.15. The summed E-state index contributed by atoms with van der Waals surface area (Å²) in [5.41, 5.74) is 3.92. The second-order valence-corrected chi connectivity index (χ2v) is 16.7. The molecule has 0 aromatic heterocycles. The Hall–Kier alpha value is -2.78. The molecule has 0 N–H and O–H groups in total. The maximum absolute atomic E-state index is 14.4. The summed E-state index contributed by atoms with van der Waals surface area (Å²) in [6.45, 7) is 2.23. The fourth-order valence-corrected chi connectivity index (χ4v) is 9.10. The highest BCUT2D eigenvalue weighted by Crippen LogP contribution is 2.38. The van der Waals surface area contributed by atoms with Crippen LogP contribution >= 0.6 is 23.2 Å². The molecule has 3 aromatic rings. The summed E-state index contributed by atoms with van der Waals surface area (Å²) in [6, 6.07) is 17.1. The van der Waals surface area contributed by atoms with Crippen LogP contribution < -0.4 is 4.74 Å². The molecule has 0 spiro atoms. The van der Waals surface area contributed by atoms with Crippen molar-refractivity contribution < 1.29 is 22.5 Å². The second-order valence-electron chi connectivity index (χ2n) is 12.7. The van der Waals surface area contributed by atoms with Crippen LogP contribution in [0.1, 0.15) is 82.1 Å². The molecule has 1 saturated heterocycles. The zero-order valence-electron chi connectivity index (χ0n) is 27.5. The lowest BCUT2D eigenvalue weighted by atomic mass is 9.85. The highest BCUT2D eigenvalue weighted by Gasteiger charge is 2.35. The van der Waals surface area contributed by atoms with Crippen molar-refractivity contribution in [2.75, 3.05) is 45.8 Å². The molecule has 5 rings (SSSR count). The Bertz CT molecular complexity index is 1800. The molecule has 2 aliphatic rings. The summed E-state index contributed by atoms with van der Waals surface area (Å²) in [4.78, 5) is 17.7. The average molecular weight is 731 g/mol. The van der Waals surface area contributed by atoms with Crippen molar-refractivity contribution in [1.82, 2.24) is 9.21 Å². The molecule has 1 unspecified atom stereocenters. The minimum Gasteiger partial charge on any atom is -0.612 e. The molecule has 1 aliphatic heterocycles. The van der Waals surface area contributed by atoms with E-state index in [0.717, 1.165) is 76.5 Å². The molecule has 256 valence electrons. The van der Waals surface area contributed by atoms with Gasteiger partial charge in [0.1, 0.15) is 18.1 Å². The van der Waals surface area contributed by atoms with Crippen molar-refractivity contribution in [3.8, 4) is 11.8 Å². The smallest absolute Gasteiger partial charge is 0.271 e. The van der Waals surface area contributed by atoms with E-state index in [2.05, 4.69) is 17.0 Å². The minimum atomic E-state index is -4.05. The lowest BCUT2D eigenvalue weighted by Gasteiger charge is -2.34. The first-order valence-electron chi connectivity index (χ1n) is 16.2. The molecule has 2 atom stereocenters. The SMILES string of the molecule is COc1c(C#N)cc2c(c1C(=O)N(C[C@@H](CCN1CCC(c3ccccc3[S+](C)[O-])CC1)c1ccc(Cl)c(Cl)c1)S(C)(=O)=O)CCCC2. The van der Waals surface area contributed by atoms with Crippen molar-refractivity contribution >= 4 is 50.3 Å². The number of fused-ring (bicyclic) bond motifs is 1. The number of amides is 1. The number of ether oxygens (including phenoxy) is 1. The number of carbonyl (C=O) groups excluding carboxylic acids is 1. The molecular formula is C36H41Cl2N3O5S2. The van der Waals surface area contributed by atoms with Gasteiger partial charge in [0.15, 0.2) is 4.90 Å². The van der Waals surface area contributed by atoms with E-state index >= 15 is 0 Å². The van der Waals surface area contributed by atoms with Crippen molar-refractivity contribution in [2.24, 2.45) is 0 Å². The standard InChI is InChI=1S/C36H41Cl2N3O5S2/c1-46-35-28(22-39)20-26-8-4-5-10-30(26)34(35)36(42)41(48(3,44)45)23-27(25-12-13-31(37)32(38)21-25)16-19-40-17-14-24(15-18-40)29-9-6-7-11-33(29)47(2)43/h6-7,9,11-13,20-21,24,27H,4-5,8,10,14-19,23H2,1-3H3/t27-,47?/m1/s1. The van der Waals surface area contributed by atoms with Crippen LogP contribution in [0.4, 0.5) is 0 Å². The molecule has 0 radical (unpaired) electrons. The van der Waals surface area contributed by atoms with Gasteiger partial charge in [-0.25, -0.2) is 12.7 Å². The zero-order valence-corrected chi connectivity index (χ0v) is 30.7. The Balaban J connectivity index is 1.42. The summed E-state index contributed by atoms with van der Waals surface area (Å²) >= 11 is 11.6. The van der Waals surface area contributed by atoms with E-state index < -0.39 is 27.1 Å². The zero-order chi connectivity index (χ0) is 34.6. The second kappa shape index (κ2) is 15.8.